The Morgan fingerprint density at radius 1 is 0.955 bits per heavy atom. The molecule has 0 aliphatic rings. The maximum absolute atomic E-state index is 12.5. The summed E-state index contributed by atoms with van der Waals surface area (Å²) in [5.41, 5.74) is 2.00. The van der Waals surface area contributed by atoms with Crippen LogP contribution in [0.2, 0.25) is 0 Å². The molecule has 3 nitrogen and oxygen atoms in total. The summed E-state index contributed by atoms with van der Waals surface area (Å²) in [6, 6.07) is 19.4. The molecule has 1 atom stereocenters. The van der Waals surface area contributed by atoms with Crippen LogP contribution in [-0.4, -0.2) is 11.1 Å². The van der Waals surface area contributed by atoms with E-state index in [1.54, 1.807) is 0 Å². The van der Waals surface area contributed by atoms with Gasteiger partial charge in [-0.2, -0.15) is 0 Å². The Bertz CT molecular complexity index is 561. The average molecular weight is 317 g/mol. The standard InChI is InChI=1S/C18H24NO2P/c1-2-3-10-15-22(20,21)19-18(16-11-6-4-7-12-16)17-13-8-5-9-14-17/h4-9,11-14,18H,2-3,10,15H2,1H3,(H2,19,20,21). The first-order valence-electron chi connectivity index (χ1n) is 7.82. The highest BCUT2D eigenvalue weighted by Crippen LogP contribution is 2.41. The Kier molecular flexibility index (Phi) is 6.38. The molecule has 0 spiro atoms. The van der Waals surface area contributed by atoms with E-state index in [0.29, 0.717) is 6.16 Å². The van der Waals surface area contributed by atoms with Crippen LogP contribution in [0.15, 0.2) is 60.7 Å². The van der Waals surface area contributed by atoms with E-state index in [0.717, 1.165) is 30.4 Å². The van der Waals surface area contributed by atoms with E-state index >= 15 is 0 Å². The van der Waals surface area contributed by atoms with Crippen molar-refractivity contribution in [2.45, 2.75) is 32.2 Å². The number of benzene rings is 2. The average Bonchev–Trinajstić information content (AvgIpc) is 2.54. The van der Waals surface area contributed by atoms with Crippen LogP contribution in [0.1, 0.15) is 43.4 Å². The predicted octanol–water partition coefficient (Wildman–Crippen LogP) is 4.74. The fourth-order valence-electron chi connectivity index (χ4n) is 2.47. The third-order valence-corrected chi connectivity index (χ3v) is 5.25. The summed E-state index contributed by atoms with van der Waals surface area (Å²) in [6.07, 6.45) is 3.11. The van der Waals surface area contributed by atoms with E-state index in [1.165, 1.54) is 0 Å². The fourth-order valence-corrected chi connectivity index (χ4v) is 3.96. The van der Waals surface area contributed by atoms with Crippen molar-refractivity contribution in [2.24, 2.45) is 0 Å². The summed E-state index contributed by atoms with van der Waals surface area (Å²) in [6.45, 7) is 2.09. The molecule has 0 amide bonds. The van der Waals surface area contributed by atoms with Gasteiger partial charge in [-0.3, -0.25) is 4.57 Å². The van der Waals surface area contributed by atoms with Gasteiger partial charge >= 0.3 is 0 Å². The van der Waals surface area contributed by atoms with Gasteiger partial charge in [0.2, 0.25) is 0 Å². The second kappa shape index (κ2) is 8.28. The van der Waals surface area contributed by atoms with Gasteiger partial charge in [-0.15, -0.1) is 0 Å². The van der Waals surface area contributed by atoms with Gasteiger partial charge in [-0.05, 0) is 17.5 Å². The van der Waals surface area contributed by atoms with Gasteiger partial charge in [0, 0.05) is 6.16 Å². The van der Waals surface area contributed by atoms with Gasteiger partial charge < -0.3 is 4.89 Å². The molecule has 0 aromatic heterocycles. The van der Waals surface area contributed by atoms with Crippen molar-refractivity contribution in [1.29, 1.82) is 0 Å². The second-order valence-corrected chi connectivity index (χ2v) is 7.62. The van der Waals surface area contributed by atoms with Crippen LogP contribution in [0, 0.1) is 0 Å². The van der Waals surface area contributed by atoms with E-state index in [1.807, 2.05) is 60.7 Å². The van der Waals surface area contributed by atoms with Gasteiger partial charge in [0.15, 0.2) is 0 Å². The minimum Gasteiger partial charge on any atom is -0.333 e. The largest absolute Gasteiger partial charge is 0.333 e. The first-order valence-corrected chi connectivity index (χ1v) is 9.66. The molecule has 22 heavy (non-hydrogen) atoms. The molecule has 0 saturated carbocycles. The lowest BCUT2D eigenvalue weighted by molar-refractivity contribution is 0.453. The minimum absolute atomic E-state index is 0.264. The van der Waals surface area contributed by atoms with Crippen molar-refractivity contribution in [3.8, 4) is 0 Å². The first-order chi connectivity index (χ1) is 10.6. The molecule has 2 aromatic carbocycles. The highest BCUT2D eigenvalue weighted by molar-refractivity contribution is 7.55. The van der Waals surface area contributed by atoms with Crippen LogP contribution in [0.5, 0.6) is 0 Å². The minimum atomic E-state index is -3.36. The zero-order valence-corrected chi connectivity index (χ0v) is 13.9. The smallest absolute Gasteiger partial charge is 0.268 e. The van der Waals surface area contributed by atoms with Crippen LogP contribution < -0.4 is 5.09 Å². The molecule has 2 aromatic rings. The molecule has 118 valence electrons. The molecular formula is C18H24NO2P. The maximum Gasteiger partial charge on any atom is 0.268 e. The zero-order valence-electron chi connectivity index (χ0n) is 13.0. The summed E-state index contributed by atoms with van der Waals surface area (Å²) < 4.78 is 12.5. The topological polar surface area (TPSA) is 49.3 Å². The molecule has 4 heteroatoms. The normalized spacial score (nSPS) is 14.0. The van der Waals surface area contributed by atoms with Gasteiger partial charge in [0.25, 0.3) is 7.52 Å². The zero-order chi connectivity index (χ0) is 15.8. The quantitative estimate of drug-likeness (QED) is 0.546. The first kappa shape index (κ1) is 17.0. The van der Waals surface area contributed by atoms with E-state index in [2.05, 4.69) is 12.0 Å². The van der Waals surface area contributed by atoms with Crippen LogP contribution >= 0.6 is 7.52 Å². The van der Waals surface area contributed by atoms with Crippen molar-refractivity contribution in [3.63, 3.8) is 0 Å². The monoisotopic (exact) mass is 317 g/mol. The molecular weight excluding hydrogens is 293 g/mol. The van der Waals surface area contributed by atoms with Gasteiger partial charge in [0.1, 0.15) is 0 Å². The second-order valence-electron chi connectivity index (χ2n) is 5.52. The summed E-state index contributed by atoms with van der Waals surface area (Å²) in [4.78, 5) is 10.3. The fraction of sp³-hybridized carbons (Fsp3) is 0.333. The molecule has 0 heterocycles. The van der Waals surface area contributed by atoms with Crippen molar-refractivity contribution in [2.75, 3.05) is 6.16 Å². The Hall–Kier alpha value is -1.41. The van der Waals surface area contributed by atoms with Crippen LogP contribution in [0.25, 0.3) is 0 Å². The van der Waals surface area contributed by atoms with Crippen molar-refractivity contribution in [3.05, 3.63) is 71.8 Å². The molecule has 0 bridgehead atoms. The highest BCUT2D eigenvalue weighted by Gasteiger charge is 2.24. The number of rotatable bonds is 8. The third kappa shape index (κ3) is 5.10. The van der Waals surface area contributed by atoms with E-state index < -0.39 is 7.52 Å². The van der Waals surface area contributed by atoms with Gasteiger partial charge in [-0.25, -0.2) is 5.09 Å². The van der Waals surface area contributed by atoms with Crippen molar-refractivity contribution >= 4 is 7.52 Å². The van der Waals surface area contributed by atoms with Crippen molar-refractivity contribution in [1.82, 2.24) is 5.09 Å². The molecule has 2 rings (SSSR count). The lowest BCUT2D eigenvalue weighted by Crippen LogP contribution is -2.21. The molecule has 2 N–H and O–H groups in total. The van der Waals surface area contributed by atoms with Gasteiger partial charge in [0.05, 0.1) is 6.04 Å². The van der Waals surface area contributed by atoms with E-state index in [4.69, 9.17) is 0 Å². The number of hydrogen-bond acceptors (Lipinski definition) is 1. The molecule has 0 aliphatic heterocycles. The van der Waals surface area contributed by atoms with E-state index in [-0.39, 0.29) is 6.04 Å². The van der Waals surface area contributed by atoms with E-state index in [9.17, 15) is 9.46 Å². The molecule has 0 aliphatic carbocycles. The summed E-state index contributed by atoms with van der Waals surface area (Å²) in [5.74, 6) is 0. The summed E-state index contributed by atoms with van der Waals surface area (Å²) >= 11 is 0. The van der Waals surface area contributed by atoms with Gasteiger partial charge in [-0.1, -0.05) is 80.4 Å². The lowest BCUT2D eigenvalue weighted by Gasteiger charge is -2.23. The molecule has 0 saturated heterocycles. The van der Waals surface area contributed by atoms with Crippen molar-refractivity contribution < 1.29 is 9.46 Å². The molecule has 0 fully saturated rings. The predicted molar refractivity (Wildman–Crippen MR) is 92.1 cm³/mol. The SMILES string of the molecule is CCCCCP(=O)(O)NC(c1ccccc1)c1ccccc1. The van der Waals surface area contributed by atoms with Crippen LogP contribution in [-0.2, 0) is 4.57 Å². The number of nitrogens with one attached hydrogen (secondary N) is 1. The summed E-state index contributed by atoms with van der Waals surface area (Å²) in [5, 5.41) is 3.00. The number of unbranched alkanes of at least 4 members (excludes halogenated alkanes) is 2. The molecule has 1 unspecified atom stereocenters. The Labute approximate surface area is 132 Å². The Balaban J connectivity index is 2.21. The maximum atomic E-state index is 12.5. The summed E-state index contributed by atoms with van der Waals surface area (Å²) in [7, 11) is -3.36. The van der Waals surface area contributed by atoms with Crippen LogP contribution in [0.3, 0.4) is 0 Å². The van der Waals surface area contributed by atoms with Crippen LogP contribution in [0.4, 0.5) is 0 Å². The third-order valence-electron chi connectivity index (χ3n) is 3.66. The highest BCUT2D eigenvalue weighted by atomic mass is 31.2. The Morgan fingerprint density at radius 2 is 1.45 bits per heavy atom. The number of hydrogen-bond donors (Lipinski definition) is 2. The molecule has 0 radical (unpaired) electrons. The lowest BCUT2D eigenvalue weighted by atomic mass is 10.00. The Morgan fingerprint density at radius 3 is 1.91 bits per heavy atom.